The minimum Gasteiger partial charge on any atom is -0.493 e. The Morgan fingerprint density at radius 2 is 2.04 bits per heavy atom. The summed E-state index contributed by atoms with van der Waals surface area (Å²) in [5.41, 5.74) is 8.75. The Morgan fingerprint density at radius 3 is 2.79 bits per heavy atom. The smallest absolute Gasteiger partial charge is 0.211 e. The lowest BCUT2D eigenvalue weighted by atomic mass is 10.1. The number of pyridine rings is 2. The fraction of sp³-hybridized carbons (Fsp3) is 0.150. The van der Waals surface area contributed by atoms with Gasteiger partial charge < -0.3 is 20.7 Å². The zero-order chi connectivity index (χ0) is 19.7. The number of nitrogen functional groups attached to an aromatic ring is 1. The van der Waals surface area contributed by atoms with E-state index in [9.17, 15) is 10.2 Å². The van der Waals surface area contributed by atoms with E-state index in [0.29, 0.717) is 22.6 Å². The average Bonchev–Trinajstić information content (AvgIpc) is 3.22. The third-order valence-electron chi connectivity index (χ3n) is 4.38. The number of nitrogens with zero attached hydrogens (tertiary/aromatic N) is 4. The lowest BCUT2D eigenvalue weighted by Gasteiger charge is -2.19. The van der Waals surface area contributed by atoms with Crippen LogP contribution in [0.1, 0.15) is 24.3 Å². The first-order chi connectivity index (χ1) is 13.5. The highest BCUT2D eigenvalue weighted by Crippen LogP contribution is 2.31. The largest absolute Gasteiger partial charge is 0.493 e. The van der Waals surface area contributed by atoms with Crippen molar-refractivity contribution in [2.75, 3.05) is 5.73 Å². The van der Waals surface area contributed by atoms with Gasteiger partial charge in [-0.3, -0.25) is 0 Å². The van der Waals surface area contributed by atoms with Crippen molar-refractivity contribution in [1.29, 1.82) is 0 Å². The van der Waals surface area contributed by atoms with E-state index in [1.165, 1.54) is 6.07 Å². The summed E-state index contributed by atoms with van der Waals surface area (Å²) in [4.78, 5) is 8.59. The highest BCUT2D eigenvalue weighted by atomic mass is 16.5. The SMILES string of the molecule is C[C@H](Oc1cc2cc(CO)ccc2nc1N)c1nc(O)ccc1-n1cccn1. The quantitative estimate of drug-likeness (QED) is 0.489. The lowest BCUT2D eigenvalue weighted by molar-refractivity contribution is 0.221. The Balaban J connectivity index is 1.72. The number of aliphatic hydroxyl groups is 1. The van der Waals surface area contributed by atoms with Crippen LogP contribution in [-0.4, -0.2) is 30.0 Å². The van der Waals surface area contributed by atoms with Gasteiger partial charge in [0.2, 0.25) is 5.88 Å². The summed E-state index contributed by atoms with van der Waals surface area (Å²) in [6.45, 7) is 1.75. The summed E-state index contributed by atoms with van der Waals surface area (Å²) in [5.74, 6) is 0.530. The molecular formula is C20H19N5O3. The van der Waals surface area contributed by atoms with Crippen molar-refractivity contribution in [3.8, 4) is 17.3 Å². The van der Waals surface area contributed by atoms with Crippen molar-refractivity contribution in [1.82, 2.24) is 19.7 Å². The molecule has 0 unspecified atom stereocenters. The number of aromatic nitrogens is 4. The molecule has 0 aliphatic heterocycles. The number of aromatic hydroxyl groups is 1. The third-order valence-corrected chi connectivity index (χ3v) is 4.38. The second kappa shape index (κ2) is 7.16. The van der Waals surface area contributed by atoms with Gasteiger partial charge in [0.15, 0.2) is 11.6 Å². The van der Waals surface area contributed by atoms with Gasteiger partial charge in [-0.1, -0.05) is 6.07 Å². The van der Waals surface area contributed by atoms with Crippen LogP contribution >= 0.6 is 0 Å². The van der Waals surface area contributed by atoms with Gasteiger partial charge in [-0.15, -0.1) is 0 Å². The number of ether oxygens (including phenoxy) is 1. The number of benzene rings is 1. The standard InChI is InChI=1S/C20H19N5O3/c1-12(19-16(5-6-18(27)24-19)25-8-2-7-22-25)28-17-10-14-9-13(11-26)3-4-15(14)23-20(17)21/h2-10,12,26H,11H2,1H3,(H2,21,23)(H,24,27)/t12-/m0/s1. The summed E-state index contributed by atoms with van der Waals surface area (Å²) in [5, 5.41) is 24.2. The molecule has 0 amide bonds. The van der Waals surface area contributed by atoms with Crippen LogP contribution in [0.3, 0.4) is 0 Å². The maximum absolute atomic E-state index is 9.85. The maximum atomic E-state index is 9.85. The monoisotopic (exact) mass is 377 g/mol. The molecule has 0 radical (unpaired) electrons. The van der Waals surface area contributed by atoms with E-state index >= 15 is 0 Å². The Morgan fingerprint density at radius 1 is 1.18 bits per heavy atom. The van der Waals surface area contributed by atoms with Crippen LogP contribution in [0.15, 0.2) is 54.9 Å². The molecule has 1 atom stereocenters. The maximum Gasteiger partial charge on any atom is 0.211 e. The Kier molecular flexibility index (Phi) is 4.54. The molecule has 0 spiro atoms. The minimum atomic E-state index is -0.533. The summed E-state index contributed by atoms with van der Waals surface area (Å²) in [6, 6.07) is 12.2. The summed E-state index contributed by atoms with van der Waals surface area (Å²) in [6.07, 6.45) is 2.91. The molecule has 0 saturated carbocycles. The fourth-order valence-electron chi connectivity index (χ4n) is 3.02. The summed E-state index contributed by atoms with van der Waals surface area (Å²) in [7, 11) is 0. The first-order valence-corrected chi connectivity index (χ1v) is 8.72. The first kappa shape index (κ1) is 17.7. The molecule has 4 aromatic rings. The molecule has 4 N–H and O–H groups in total. The molecule has 3 aromatic heterocycles. The predicted molar refractivity (Wildman–Crippen MR) is 104 cm³/mol. The van der Waals surface area contributed by atoms with Crippen LogP contribution in [0.2, 0.25) is 0 Å². The van der Waals surface area contributed by atoms with Crippen molar-refractivity contribution in [3.05, 3.63) is 66.1 Å². The van der Waals surface area contributed by atoms with Crippen molar-refractivity contribution < 1.29 is 14.9 Å². The van der Waals surface area contributed by atoms with E-state index in [1.54, 1.807) is 47.4 Å². The predicted octanol–water partition coefficient (Wildman–Crippen LogP) is 2.74. The number of anilines is 1. The van der Waals surface area contributed by atoms with Gasteiger partial charge in [-0.05, 0) is 42.8 Å². The van der Waals surface area contributed by atoms with E-state index in [-0.39, 0.29) is 18.3 Å². The fourth-order valence-corrected chi connectivity index (χ4v) is 3.02. The molecular weight excluding hydrogens is 358 g/mol. The molecule has 0 aliphatic carbocycles. The molecule has 3 heterocycles. The Labute approximate surface area is 160 Å². The normalized spacial score (nSPS) is 12.2. The molecule has 4 rings (SSSR count). The molecule has 8 heteroatoms. The van der Waals surface area contributed by atoms with Crippen LogP contribution in [0.5, 0.6) is 11.6 Å². The molecule has 0 saturated heterocycles. The zero-order valence-corrected chi connectivity index (χ0v) is 15.1. The van der Waals surface area contributed by atoms with E-state index in [1.807, 2.05) is 13.0 Å². The van der Waals surface area contributed by atoms with Crippen LogP contribution in [0.25, 0.3) is 16.6 Å². The first-order valence-electron chi connectivity index (χ1n) is 8.72. The van der Waals surface area contributed by atoms with Gasteiger partial charge >= 0.3 is 0 Å². The second-order valence-corrected chi connectivity index (χ2v) is 6.34. The Hall–Kier alpha value is -3.65. The van der Waals surface area contributed by atoms with Gasteiger partial charge in [0.25, 0.3) is 0 Å². The average molecular weight is 377 g/mol. The zero-order valence-electron chi connectivity index (χ0n) is 15.1. The number of aliphatic hydroxyl groups excluding tert-OH is 1. The Bertz CT molecular complexity index is 1130. The number of hydrogen-bond donors (Lipinski definition) is 3. The molecule has 8 nitrogen and oxygen atoms in total. The highest BCUT2D eigenvalue weighted by molar-refractivity contribution is 5.83. The van der Waals surface area contributed by atoms with Gasteiger partial charge in [0.1, 0.15) is 11.8 Å². The van der Waals surface area contributed by atoms with Crippen molar-refractivity contribution in [3.63, 3.8) is 0 Å². The van der Waals surface area contributed by atoms with Crippen molar-refractivity contribution >= 4 is 16.7 Å². The van der Waals surface area contributed by atoms with Crippen LogP contribution < -0.4 is 10.5 Å². The van der Waals surface area contributed by atoms with E-state index in [0.717, 1.165) is 10.9 Å². The van der Waals surface area contributed by atoms with E-state index < -0.39 is 6.10 Å². The van der Waals surface area contributed by atoms with E-state index in [4.69, 9.17) is 10.5 Å². The van der Waals surface area contributed by atoms with E-state index in [2.05, 4.69) is 15.1 Å². The van der Waals surface area contributed by atoms with Crippen molar-refractivity contribution in [2.45, 2.75) is 19.6 Å². The summed E-state index contributed by atoms with van der Waals surface area (Å²) >= 11 is 0. The highest BCUT2D eigenvalue weighted by Gasteiger charge is 2.19. The van der Waals surface area contributed by atoms with Gasteiger partial charge in [0.05, 0.1) is 17.8 Å². The summed E-state index contributed by atoms with van der Waals surface area (Å²) < 4.78 is 7.69. The van der Waals surface area contributed by atoms with Gasteiger partial charge in [0, 0.05) is 23.8 Å². The molecule has 142 valence electrons. The van der Waals surface area contributed by atoms with Crippen LogP contribution in [-0.2, 0) is 6.61 Å². The van der Waals surface area contributed by atoms with Gasteiger partial charge in [-0.2, -0.15) is 5.10 Å². The second-order valence-electron chi connectivity index (χ2n) is 6.34. The molecule has 0 bridgehead atoms. The van der Waals surface area contributed by atoms with Crippen LogP contribution in [0.4, 0.5) is 5.82 Å². The molecule has 0 aliphatic rings. The molecule has 1 aromatic carbocycles. The van der Waals surface area contributed by atoms with Crippen LogP contribution in [0, 0.1) is 0 Å². The number of fused-ring (bicyclic) bond motifs is 1. The number of hydrogen-bond acceptors (Lipinski definition) is 7. The third kappa shape index (κ3) is 3.33. The lowest BCUT2D eigenvalue weighted by Crippen LogP contribution is -2.12. The molecule has 28 heavy (non-hydrogen) atoms. The van der Waals surface area contributed by atoms with Crippen molar-refractivity contribution in [2.24, 2.45) is 0 Å². The van der Waals surface area contributed by atoms with Gasteiger partial charge in [-0.25, -0.2) is 14.6 Å². The number of rotatable bonds is 5. The number of nitrogens with two attached hydrogens (primary N) is 1. The topological polar surface area (TPSA) is 119 Å². The minimum absolute atomic E-state index is 0.0622. The molecule has 0 fully saturated rings.